The molecule has 0 saturated carbocycles. The molecule has 0 aliphatic heterocycles. The fraction of sp³-hybridized carbons (Fsp3) is 0.167. The molecule has 0 saturated heterocycles. The van der Waals surface area contributed by atoms with Crippen molar-refractivity contribution in [1.29, 1.82) is 0 Å². The van der Waals surface area contributed by atoms with Gasteiger partial charge in [-0.05, 0) is 24.3 Å². The highest BCUT2D eigenvalue weighted by atomic mass is 79.9. The lowest BCUT2D eigenvalue weighted by Gasteiger charge is -2.14. The van der Waals surface area contributed by atoms with E-state index in [0.717, 1.165) is 20.4 Å². The number of thiazole rings is 1. The standard InChI is InChI=1S/C18H17Cl2N3O2S2.BrH/c1-22(2)27(24,25)17-10-12(8-9-14(17)20)16-11-26-18(23(16)3)21-15-7-5-4-6-13(15)19;/h4-11H,1-3H3;1H. The second kappa shape index (κ2) is 9.11. The average molecular weight is 523 g/mol. The monoisotopic (exact) mass is 521 g/mol. The van der Waals surface area contributed by atoms with Crippen LogP contribution in [0.15, 0.2) is 57.7 Å². The molecule has 28 heavy (non-hydrogen) atoms. The van der Waals surface area contributed by atoms with Crippen LogP contribution in [0, 0.1) is 0 Å². The summed E-state index contributed by atoms with van der Waals surface area (Å²) in [5, 5.41) is 2.68. The van der Waals surface area contributed by atoms with Crippen LogP contribution in [0.25, 0.3) is 11.3 Å². The quantitative estimate of drug-likeness (QED) is 0.477. The number of sulfonamides is 1. The molecule has 0 fully saturated rings. The molecule has 0 atom stereocenters. The van der Waals surface area contributed by atoms with Gasteiger partial charge in [0.2, 0.25) is 10.0 Å². The van der Waals surface area contributed by atoms with Crippen molar-refractivity contribution >= 4 is 67.2 Å². The second-order valence-electron chi connectivity index (χ2n) is 5.96. The highest BCUT2D eigenvalue weighted by Crippen LogP contribution is 2.30. The van der Waals surface area contributed by atoms with Crippen LogP contribution in [0.3, 0.4) is 0 Å². The maximum absolute atomic E-state index is 12.5. The molecule has 0 aliphatic rings. The highest BCUT2D eigenvalue weighted by Gasteiger charge is 2.22. The van der Waals surface area contributed by atoms with Gasteiger partial charge in [0, 0.05) is 32.1 Å². The number of halogens is 3. The summed E-state index contributed by atoms with van der Waals surface area (Å²) in [4.78, 5) is 5.41. The van der Waals surface area contributed by atoms with Gasteiger partial charge in [-0.15, -0.1) is 28.3 Å². The molecule has 0 aliphatic carbocycles. The highest BCUT2D eigenvalue weighted by molar-refractivity contribution is 8.93. The Morgan fingerprint density at radius 3 is 2.39 bits per heavy atom. The lowest BCUT2D eigenvalue weighted by Crippen LogP contribution is -2.22. The third-order valence-corrected chi connectivity index (χ3v) is 7.51. The predicted molar refractivity (Wildman–Crippen MR) is 122 cm³/mol. The van der Waals surface area contributed by atoms with E-state index in [9.17, 15) is 8.42 Å². The first-order valence-corrected chi connectivity index (χ1v) is 11.0. The Kier molecular flexibility index (Phi) is 7.52. The summed E-state index contributed by atoms with van der Waals surface area (Å²) in [5.74, 6) is 0. The van der Waals surface area contributed by atoms with Crippen molar-refractivity contribution in [1.82, 2.24) is 8.87 Å². The van der Waals surface area contributed by atoms with Gasteiger partial charge < -0.3 is 4.57 Å². The van der Waals surface area contributed by atoms with Crippen LogP contribution in [-0.2, 0) is 17.1 Å². The molecule has 10 heteroatoms. The Hall–Kier alpha value is -1.16. The van der Waals surface area contributed by atoms with Gasteiger partial charge in [0.05, 0.1) is 21.4 Å². The fourth-order valence-corrected chi connectivity index (χ4v) is 4.93. The zero-order valence-corrected chi connectivity index (χ0v) is 20.1. The molecule has 0 amide bonds. The van der Waals surface area contributed by atoms with Crippen molar-refractivity contribution in [3.8, 4) is 11.3 Å². The zero-order valence-electron chi connectivity index (χ0n) is 15.3. The van der Waals surface area contributed by atoms with Gasteiger partial charge in [0.15, 0.2) is 4.80 Å². The van der Waals surface area contributed by atoms with Gasteiger partial charge in [-0.1, -0.05) is 41.4 Å². The minimum atomic E-state index is -3.64. The van der Waals surface area contributed by atoms with Crippen molar-refractivity contribution < 1.29 is 8.42 Å². The minimum Gasteiger partial charge on any atom is -0.320 e. The van der Waals surface area contributed by atoms with E-state index in [2.05, 4.69) is 4.99 Å². The molecule has 150 valence electrons. The van der Waals surface area contributed by atoms with Gasteiger partial charge in [-0.25, -0.2) is 17.7 Å². The van der Waals surface area contributed by atoms with Gasteiger partial charge >= 0.3 is 0 Å². The molecular formula is C18H18BrCl2N3O2S2. The van der Waals surface area contributed by atoms with Crippen molar-refractivity contribution in [3.63, 3.8) is 0 Å². The maximum Gasteiger partial charge on any atom is 0.244 e. The van der Waals surface area contributed by atoms with E-state index in [0.29, 0.717) is 10.7 Å². The first kappa shape index (κ1) is 23.1. The van der Waals surface area contributed by atoms with Crippen molar-refractivity contribution in [2.24, 2.45) is 12.0 Å². The Morgan fingerprint density at radius 1 is 1.07 bits per heavy atom. The van der Waals surface area contributed by atoms with Gasteiger partial charge in [-0.3, -0.25) is 0 Å². The summed E-state index contributed by atoms with van der Waals surface area (Å²) in [5.41, 5.74) is 2.24. The van der Waals surface area contributed by atoms with Gasteiger partial charge in [0.1, 0.15) is 4.90 Å². The van der Waals surface area contributed by atoms with E-state index in [1.165, 1.54) is 25.4 Å². The minimum absolute atomic E-state index is 0. The molecule has 3 aromatic rings. The summed E-state index contributed by atoms with van der Waals surface area (Å²) >= 11 is 13.8. The number of hydrogen-bond acceptors (Lipinski definition) is 4. The predicted octanol–water partition coefficient (Wildman–Crippen LogP) is 5.12. The van der Waals surface area contributed by atoms with Crippen LogP contribution < -0.4 is 4.80 Å². The van der Waals surface area contributed by atoms with Crippen LogP contribution in [0.5, 0.6) is 0 Å². The molecule has 1 heterocycles. The summed E-state index contributed by atoms with van der Waals surface area (Å²) in [6, 6.07) is 12.3. The number of nitrogens with zero attached hydrogens (tertiary/aromatic N) is 3. The van der Waals surface area contributed by atoms with E-state index in [1.807, 2.05) is 35.2 Å². The average Bonchev–Trinajstić information content (AvgIpc) is 2.98. The maximum atomic E-state index is 12.5. The normalized spacial score (nSPS) is 12.3. The van der Waals surface area contributed by atoms with E-state index >= 15 is 0 Å². The van der Waals surface area contributed by atoms with Crippen LogP contribution in [0.1, 0.15) is 0 Å². The summed E-state index contributed by atoms with van der Waals surface area (Å²) in [7, 11) is 1.18. The summed E-state index contributed by atoms with van der Waals surface area (Å²) in [6.45, 7) is 0. The Bertz CT molecular complexity index is 1170. The SMILES string of the molecule is Br.CN(C)S(=O)(=O)c1cc(-c2csc(=Nc3ccccc3Cl)n2C)ccc1Cl. The molecule has 0 spiro atoms. The van der Waals surface area contributed by atoms with Crippen molar-refractivity contribution in [2.45, 2.75) is 4.90 Å². The van der Waals surface area contributed by atoms with Gasteiger partial charge in [0.25, 0.3) is 0 Å². The van der Waals surface area contributed by atoms with Crippen LogP contribution in [-0.4, -0.2) is 31.4 Å². The molecule has 0 unspecified atom stereocenters. The number of aromatic nitrogens is 1. The molecular weight excluding hydrogens is 505 g/mol. The lowest BCUT2D eigenvalue weighted by molar-refractivity contribution is 0.521. The van der Waals surface area contributed by atoms with Crippen LogP contribution >= 0.6 is 51.5 Å². The first-order valence-electron chi connectivity index (χ1n) is 7.88. The number of benzene rings is 2. The topological polar surface area (TPSA) is 54.7 Å². The zero-order chi connectivity index (χ0) is 19.8. The molecule has 0 radical (unpaired) electrons. The second-order valence-corrected chi connectivity index (χ2v) is 9.73. The first-order chi connectivity index (χ1) is 12.7. The Morgan fingerprint density at radius 2 is 1.75 bits per heavy atom. The number of hydrogen-bond donors (Lipinski definition) is 0. The lowest BCUT2D eigenvalue weighted by atomic mass is 10.2. The summed E-state index contributed by atoms with van der Waals surface area (Å²) in [6.07, 6.45) is 0. The van der Waals surface area contributed by atoms with Crippen LogP contribution in [0.4, 0.5) is 5.69 Å². The molecule has 2 aromatic carbocycles. The largest absolute Gasteiger partial charge is 0.320 e. The Labute approximate surface area is 188 Å². The smallest absolute Gasteiger partial charge is 0.244 e. The van der Waals surface area contributed by atoms with Crippen molar-refractivity contribution in [3.05, 3.63) is 62.7 Å². The Balaban J connectivity index is 0.00000280. The van der Waals surface area contributed by atoms with Gasteiger partial charge in [-0.2, -0.15) is 0 Å². The third-order valence-electron chi connectivity index (χ3n) is 3.98. The molecule has 0 bridgehead atoms. The molecule has 3 rings (SSSR count). The molecule has 5 nitrogen and oxygen atoms in total. The number of rotatable bonds is 4. The van der Waals surface area contributed by atoms with E-state index < -0.39 is 10.0 Å². The van der Waals surface area contributed by atoms with Crippen LogP contribution in [0.2, 0.25) is 10.0 Å². The van der Waals surface area contributed by atoms with E-state index in [-0.39, 0.29) is 26.9 Å². The number of para-hydroxylation sites is 1. The molecule has 1 aromatic heterocycles. The summed E-state index contributed by atoms with van der Waals surface area (Å²) < 4.78 is 28.1. The van der Waals surface area contributed by atoms with E-state index in [1.54, 1.807) is 24.3 Å². The van der Waals surface area contributed by atoms with Crippen molar-refractivity contribution in [2.75, 3.05) is 14.1 Å². The van der Waals surface area contributed by atoms with E-state index in [4.69, 9.17) is 23.2 Å². The fourth-order valence-electron chi connectivity index (χ4n) is 2.44. The third kappa shape index (κ3) is 4.53. The molecule has 0 N–H and O–H groups in total.